The van der Waals surface area contributed by atoms with Crippen molar-refractivity contribution in [2.24, 2.45) is 0 Å². The molecular weight excluding hydrogens is 500 g/mol. The van der Waals surface area contributed by atoms with Gasteiger partial charge in [-0.25, -0.2) is 14.4 Å². The maximum absolute atomic E-state index is 12.9. The average Bonchev–Trinajstić information content (AvgIpc) is 2.95. The molecule has 1 unspecified atom stereocenters. The smallest absolute Gasteiger partial charge is 0.338 e. The molecular formula is C28H25ClO8. The highest BCUT2D eigenvalue weighted by Crippen LogP contribution is 2.31. The van der Waals surface area contributed by atoms with Gasteiger partial charge in [0.15, 0.2) is 18.5 Å². The number of hydrogen-bond donors (Lipinski definition) is 0. The Morgan fingerprint density at radius 3 is 1.59 bits per heavy atom. The SMILES string of the molecule is CO[C@H]1OC(COC(=O)c2ccccc2)[C@@H](Cl)[C@H](OC(=O)c2ccccc2)[C@H]1OC(=O)c1ccccc1. The van der Waals surface area contributed by atoms with Crippen LogP contribution in [0.3, 0.4) is 0 Å². The molecule has 3 aromatic rings. The first-order valence-electron chi connectivity index (χ1n) is 11.5. The predicted octanol–water partition coefficient (Wildman–Crippen LogP) is 4.27. The van der Waals surface area contributed by atoms with Gasteiger partial charge in [-0.05, 0) is 36.4 Å². The molecule has 0 aliphatic carbocycles. The highest BCUT2D eigenvalue weighted by atomic mass is 35.5. The van der Waals surface area contributed by atoms with E-state index in [9.17, 15) is 14.4 Å². The summed E-state index contributed by atoms with van der Waals surface area (Å²) in [5.74, 6) is -1.92. The molecule has 4 rings (SSSR count). The third-order valence-corrected chi connectivity index (χ3v) is 6.23. The van der Waals surface area contributed by atoms with Crippen LogP contribution in [0.5, 0.6) is 0 Å². The number of alkyl halides is 1. The van der Waals surface area contributed by atoms with Gasteiger partial charge in [0.25, 0.3) is 0 Å². The number of carbonyl (C=O) groups excluding carboxylic acids is 3. The van der Waals surface area contributed by atoms with Crippen molar-refractivity contribution >= 4 is 29.5 Å². The third-order valence-electron chi connectivity index (χ3n) is 5.70. The van der Waals surface area contributed by atoms with Crippen LogP contribution in [0.15, 0.2) is 91.0 Å². The van der Waals surface area contributed by atoms with Crippen LogP contribution in [0, 0.1) is 0 Å². The molecule has 1 aliphatic rings. The van der Waals surface area contributed by atoms with Gasteiger partial charge in [0, 0.05) is 7.11 Å². The van der Waals surface area contributed by atoms with E-state index in [1.165, 1.54) is 7.11 Å². The molecule has 0 spiro atoms. The topological polar surface area (TPSA) is 97.4 Å². The average molecular weight is 525 g/mol. The molecule has 1 saturated heterocycles. The molecule has 3 aromatic carbocycles. The molecule has 0 N–H and O–H groups in total. The van der Waals surface area contributed by atoms with E-state index in [0.717, 1.165) is 0 Å². The number of methoxy groups -OCH3 is 1. The van der Waals surface area contributed by atoms with Crippen molar-refractivity contribution in [1.82, 2.24) is 0 Å². The molecule has 1 aliphatic heterocycles. The van der Waals surface area contributed by atoms with Gasteiger partial charge < -0.3 is 23.7 Å². The number of ether oxygens (including phenoxy) is 5. The van der Waals surface area contributed by atoms with E-state index < -0.39 is 47.9 Å². The van der Waals surface area contributed by atoms with Crippen molar-refractivity contribution in [3.05, 3.63) is 108 Å². The van der Waals surface area contributed by atoms with Crippen molar-refractivity contribution in [3.63, 3.8) is 0 Å². The van der Waals surface area contributed by atoms with Gasteiger partial charge >= 0.3 is 17.9 Å². The van der Waals surface area contributed by atoms with Crippen LogP contribution >= 0.6 is 11.6 Å². The standard InChI is InChI=1S/C28H25ClO8/c1-33-28-24(37-27(32)20-15-9-4-10-16-20)23(36-26(31)19-13-7-3-8-14-19)22(29)21(35-28)17-34-25(30)18-11-5-2-6-12-18/h2-16,21-24,28H,17H2,1H3/t21?,22-,23+,24-,28+/m1/s1. The summed E-state index contributed by atoms with van der Waals surface area (Å²) in [7, 11) is 1.35. The molecule has 0 bridgehead atoms. The lowest BCUT2D eigenvalue weighted by Gasteiger charge is -2.42. The second kappa shape index (κ2) is 12.5. The van der Waals surface area contributed by atoms with Crippen molar-refractivity contribution < 1.29 is 38.1 Å². The van der Waals surface area contributed by atoms with Gasteiger partial charge in [-0.2, -0.15) is 0 Å². The number of rotatable bonds is 8. The quantitative estimate of drug-likeness (QED) is 0.245. The Kier molecular flexibility index (Phi) is 8.90. The summed E-state index contributed by atoms with van der Waals surface area (Å²) in [4.78, 5) is 38.2. The van der Waals surface area contributed by atoms with E-state index in [1.54, 1.807) is 91.0 Å². The minimum Gasteiger partial charge on any atom is -0.459 e. The summed E-state index contributed by atoms with van der Waals surface area (Å²) >= 11 is 6.72. The summed E-state index contributed by atoms with van der Waals surface area (Å²) in [6.45, 7) is -0.250. The maximum Gasteiger partial charge on any atom is 0.338 e. The maximum atomic E-state index is 12.9. The first-order chi connectivity index (χ1) is 18.0. The second-order valence-corrected chi connectivity index (χ2v) is 8.66. The molecule has 192 valence electrons. The first-order valence-corrected chi connectivity index (χ1v) is 12.0. The van der Waals surface area contributed by atoms with Crippen LogP contribution in [0.2, 0.25) is 0 Å². The van der Waals surface area contributed by atoms with E-state index >= 15 is 0 Å². The zero-order chi connectivity index (χ0) is 26.2. The molecule has 5 atom stereocenters. The van der Waals surface area contributed by atoms with Crippen molar-refractivity contribution in [3.8, 4) is 0 Å². The number of hydrogen-bond acceptors (Lipinski definition) is 8. The van der Waals surface area contributed by atoms with Gasteiger partial charge in [-0.1, -0.05) is 54.6 Å². The van der Waals surface area contributed by atoms with Crippen LogP contribution in [0.25, 0.3) is 0 Å². The third kappa shape index (κ3) is 6.54. The Labute approximate surface area is 219 Å². The number of benzene rings is 3. The van der Waals surface area contributed by atoms with Crippen LogP contribution in [-0.4, -0.2) is 61.6 Å². The second-order valence-electron chi connectivity index (χ2n) is 8.16. The largest absolute Gasteiger partial charge is 0.459 e. The van der Waals surface area contributed by atoms with Gasteiger partial charge in [-0.3, -0.25) is 0 Å². The molecule has 8 nitrogen and oxygen atoms in total. The summed E-state index contributed by atoms with van der Waals surface area (Å²) in [6, 6.07) is 25.1. The van der Waals surface area contributed by atoms with E-state index in [1.807, 2.05) is 0 Å². The van der Waals surface area contributed by atoms with Crippen LogP contribution < -0.4 is 0 Å². The van der Waals surface area contributed by atoms with Crippen LogP contribution in [0.1, 0.15) is 31.1 Å². The van der Waals surface area contributed by atoms with Crippen molar-refractivity contribution in [2.45, 2.75) is 30.0 Å². The van der Waals surface area contributed by atoms with Gasteiger partial charge in [0.05, 0.1) is 16.7 Å². The Bertz CT molecular complexity index is 1190. The zero-order valence-corrected chi connectivity index (χ0v) is 20.7. The Morgan fingerprint density at radius 1 is 0.703 bits per heavy atom. The van der Waals surface area contributed by atoms with Crippen molar-refractivity contribution in [1.29, 1.82) is 0 Å². The monoisotopic (exact) mass is 524 g/mol. The summed E-state index contributed by atoms with van der Waals surface area (Å²) in [5, 5.41) is -1.05. The fourth-order valence-corrected chi connectivity index (χ4v) is 4.12. The molecule has 37 heavy (non-hydrogen) atoms. The number of esters is 3. The summed E-state index contributed by atoms with van der Waals surface area (Å²) in [6.07, 6.45) is -4.47. The fraction of sp³-hybridized carbons (Fsp3) is 0.250. The fourth-order valence-electron chi connectivity index (χ4n) is 3.80. The molecule has 9 heteroatoms. The molecule has 0 aromatic heterocycles. The zero-order valence-electron chi connectivity index (χ0n) is 19.9. The molecule has 1 fully saturated rings. The molecule has 0 radical (unpaired) electrons. The lowest BCUT2D eigenvalue weighted by atomic mass is 10.0. The van der Waals surface area contributed by atoms with Gasteiger partial charge in [-0.15, -0.1) is 11.6 Å². The van der Waals surface area contributed by atoms with Gasteiger partial charge in [0.2, 0.25) is 0 Å². The Hall–Kier alpha value is -3.72. The lowest BCUT2D eigenvalue weighted by molar-refractivity contribution is -0.259. The number of carbonyl (C=O) groups is 3. The van der Waals surface area contributed by atoms with Gasteiger partial charge in [0.1, 0.15) is 18.1 Å². The normalized spacial score (nSPS) is 23.0. The first kappa shape index (κ1) is 26.3. The predicted molar refractivity (Wildman–Crippen MR) is 133 cm³/mol. The highest BCUT2D eigenvalue weighted by Gasteiger charge is 2.50. The summed E-state index contributed by atoms with van der Waals surface area (Å²) < 4.78 is 28.2. The molecule has 0 saturated carbocycles. The van der Waals surface area contributed by atoms with E-state index in [2.05, 4.69) is 0 Å². The Morgan fingerprint density at radius 2 is 1.14 bits per heavy atom. The van der Waals surface area contributed by atoms with E-state index in [0.29, 0.717) is 5.56 Å². The minimum atomic E-state index is -1.20. The highest BCUT2D eigenvalue weighted by molar-refractivity contribution is 6.21. The van der Waals surface area contributed by atoms with Crippen LogP contribution in [0.4, 0.5) is 0 Å². The summed E-state index contributed by atoms with van der Waals surface area (Å²) in [5.41, 5.74) is 0.928. The molecule has 1 heterocycles. The lowest BCUT2D eigenvalue weighted by Crippen LogP contribution is -2.60. The molecule has 0 amide bonds. The Balaban J connectivity index is 1.55. The van der Waals surface area contributed by atoms with Crippen LogP contribution in [-0.2, 0) is 23.7 Å². The van der Waals surface area contributed by atoms with E-state index in [-0.39, 0.29) is 17.7 Å². The number of halogens is 1. The van der Waals surface area contributed by atoms with E-state index in [4.69, 9.17) is 35.3 Å². The minimum absolute atomic E-state index is 0.250. The van der Waals surface area contributed by atoms with Crippen molar-refractivity contribution in [2.75, 3.05) is 13.7 Å².